The predicted octanol–water partition coefficient (Wildman–Crippen LogP) is 8.96. The maximum atomic E-state index is 13.2. The van der Waals surface area contributed by atoms with Crippen molar-refractivity contribution in [3.63, 3.8) is 0 Å². The van der Waals surface area contributed by atoms with Crippen LogP contribution in [0.2, 0.25) is 0 Å². The van der Waals surface area contributed by atoms with Crippen molar-refractivity contribution in [2.45, 2.75) is 52.0 Å². The second-order valence-electron chi connectivity index (χ2n) is 10.7. The first-order valence-electron chi connectivity index (χ1n) is 13.5. The van der Waals surface area contributed by atoms with Crippen LogP contribution in [-0.2, 0) is 16.1 Å². The van der Waals surface area contributed by atoms with E-state index >= 15 is 0 Å². The minimum atomic E-state index is 0.135. The summed E-state index contributed by atoms with van der Waals surface area (Å²) in [4.78, 5) is 24.6. The Labute approximate surface area is 233 Å². The number of aryl methyl sites for hydroxylation is 1. The summed E-state index contributed by atoms with van der Waals surface area (Å²) in [6, 6.07) is 23.3. The number of Topliss-reactive ketones (excluding diaryl/α,β-unsaturated/α-hetero) is 1. The second-order valence-corrected chi connectivity index (χ2v) is 11.6. The molecule has 1 saturated carbocycles. The molecule has 0 bridgehead atoms. The van der Waals surface area contributed by atoms with Gasteiger partial charge in [-0.3, -0.25) is 9.59 Å². The molecule has 4 aromatic rings. The maximum Gasteiger partial charge on any atom is 0.155 e. The predicted molar refractivity (Wildman–Crippen MR) is 160 cm³/mol. The number of carbonyl (C=O) groups is 2. The summed E-state index contributed by atoms with van der Waals surface area (Å²) in [7, 11) is 0. The van der Waals surface area contributed by atoms with Gasteiger partial charge in [-0.15, -0.1) is 0 Å². The van der Waals surface area contributed by atoms with Gasteiger partial charge >= 0.3 is 0 Å². The third-order valence-electron chi connectivity index (χ3n) is 7.97. The van der Waals surface area contributed by atoms with E-state index in [4.69, 9.17) is 0 Å². The van der Waals surface area contributed by atoms with Gasteiger partial charge in [0.25, 0.3) is 0 Å². The fourth-order valence-corrected chi connectivity index (χ4v) is 6.54. The van der Waals surface area contributed by atoms with Gasteiger partial charge in [0.2, 0.25) is 0 Å². The Bertz CT molecular complexity index is 1480. The SMILES string of the molecule is C=CC(=O)CCC1CC(CCC(=O)Cn2cc(-c3ccccc3-c3ccccc3)c3cc(Br)cc(C)c32)C1. The molecule has 1 aliphatic rings. The summed E-state index contributed by atoms with van der Waals surface area (Å²) in [6.07, 6.45) is 8.96. The third-order valence-corrected chi connectivity index (χ3v) is 8.43. The van der Waals surface area contributed by atoms with E-state index in [1.807, 2.05) is 6.07 Å². The highest BCUT2D eigenvalue weighted by molar-refractivity contribution is 9.10. The lowest BCUT2D eigenvalue weighted by Gasteiger charge is -2.35. The first-order chi connectivity index (χ1) is 18.4. The molecule has 38 heavy (non-hydrogen) atoms. The summed E-state index contributed by atoms with van der Waals surface area (Å²) in [5, 5.41) is 1.16. The second kappa shape index (κ2) is 11.7. The number of hydrogen-bond acceptors (Lipinski definition) is 2. The number of ketones is 2. The lowest BCUT2D eigenvalue weighted by molar-refractivity contribution is -0.120. The zero-order valence-corrected chi connectivity index (χ0v) is 23.5. The minimum absolute atomic E-state index is 0.135. The number of rotatable bonds is 11. The Kier molecular flexibility index (Phi) is 8.09. The van der Waals surface area contributed by atoms with Crippen LogP contribution in [-0.4, -0.2) is 16.1 Å². The normalized spacial score (nSPS) is 16.8. The molecule has 3 aromatic carbocycles. The number of allylic oxidation sites excluding steroid dienone is 1. The molecule has 1 heterocycles. The summed E-state index contributed by atoms with van der Waals surface area (Å²) in [6.45, 7) is 6.06. The van der Waals surface area contributed by atoms with Crippen LogP contribution < -0.4 is 0 Å². The number of carbonyl (C=O) groups excluding carboxylic acids is 2. The lowest BCUT2D eigenvalue weighted by atomic mass is 9.70. The molecular weight excluding hydrogens is 534 g/mol. The van der Waals surface area contributed by atoms with Crippen molar-refractivity contribution in [3.05, 3.63) is 95.6 Å². The molecule has 0 aliphatic heterocycles. The van der Waals surface area contributed by atoms with Crippen molar-refractivity contribution in [1.29, 1.82) is 0 Å². The fraction of sp³-hybridized carbons (Fsp3) is 0.294. The van der Waals surface area contributed by atoms with Crippen molar-refractivity contribution >= 4 is 38.4 Å². The Hall–Kier alpha value is -3.24. The molecule has 4 heteroatoms. The molecule has 0 N–H and O–H groups in total. The lowest BCUT2D eigenvalue weighted by Crippen LogP contribution is -2.25. The maximum absolute atomic E-state index is 13.2. The number of hydrogen-bond donors (Lipinski definition) is 0. The summed E-state index contributed by atoms with van der Waals surface area (Å²) in [5.74, 6) is 1.64. The van der Waals surface area contributed by atoms with Gasteiger partial charge in [0.05, 0.1) is 12.1 Å². The van der Waals surface area contributed by atoms with E-state index in [0.29, 0.717) is 31.2 Å². The van der Waals surface area contributed by atoms with Crippen LogP contribution in [0.5, 0.6) is 0 Å². The zero-order chi connectivity index (χ0) is 26.6. The Morgan fingerprint density at radius 1 is 0.921 bits per heavy atom. The van der Waals surface area contributed by atoms with E-state index in [2.05, 4.69) is 101 Å². The third kappa shape index (κ3) is 5.76. The van der Waals surface area contributed by atoms with Gasteiger partial charge in [0.1, 0.15) is 0 Å². The van der Waals surface area contributed by atoms with E-state index in [9.17, 15) is 9.59 Å². The molecule has 0 radical (unpaired) electrons. The van der Waals surface area contributed by atoms with Crippen LogP contribution >= 0.6 is 15.9 Å². The number of halogens is 1. The molecular formula is C34H34BrNO2. The number of benzene rings is 3. The summed E-state index contributed by atoms with van der Waals surface area (Å²) >= 11 is 3.70. The molecule has 1 aliphatic carbocycles. The smallest absolute Gasteiger partial charge is 0.155 e. The van der Waals surface area contributed by atoms with E-state index in [0.717, 1.165) is 52.2 Å². The highest BCUT2D eigenvalue weighted by Gasteiger charge is 2.29. The van der Waals surface area contributed by atoms with Gasteiger partial charge in [-0.05, 0) is 84.9 Å². The Morgan fingerprint density at radius 2 is 1.58 bits per heavy atom. The van der Waals surface area contributed by atoms with E-state index in [-0.39, 0.29) is 11.6 Å². The average Bonchev–Trinajstić information content (AvgIpc) is 3.25. The number of aromatic nitrogens is 1. The molecule has 0 spiro atoms. The highest BCUT2D eigenvalue weighted by atomic mass is 79.9. The van der Waals surface area contributed by atoms with Gasteiger partial charge in [-0.25, -0.2) is 0 Å². The van der Waals surface area contributed by atoms with Crippen molar-refractivity contribution in [2.75, 3.05) is 0 Å². The molecule has 1 fully saturated rings. The molecule has 0 unspecified atom stereocenters. The average molecular weight is 569 g/mol. The molecule has 0 atom stereocenters. The van der Waals surface area contributed by atoms with E-state index in [1.54, 1.807) is 0 Å². The van der Waals surface area contributed by atoms with Crippen LogP contribution in [0.25, 0.3) is 33.2 Å². The van der Waals surface area contributed by atoms with Crippen LogP contribution in [0.1, 0.15) is 44.1 Å². The van der Waals surface area contributed by atoms with Crippen molar-refractivity contribution in [3.8, 4) is 22.3 Å². The molecule has 1 aromatic heterocycles. The van der Waals surface area contributed by atoms with Crippen molar-refractivity contribution < 1.29 is 9.59 Å². The van der Waals surface area contributed by atoms with Gasteiger partial charge in [0.15, 0.2) is 11.6 Å². The Balaban J connectivity index is 1.35. The molecule has 5 rings (SSSR count). The van der Waals surface area contributed by atoms with Crippen LogP contribution in [0.15, 0.2) is 90.1 Å². The first-order valence-corrected chi connectivity index (χ1v) is 14.3. The fourth-order valence-electron chi connectivity index (χ4n) is 5.97. The molecule has 194 valence electrons. The molecule has 0 amide bonds. The monoisotopic (exact) mass is 567 g/mol. The first kappa shape index (κ1) is 26.4. The standard InChI is InChI=1S/C34H34BrNO2/c1-3-28(37)15-13-24-18-25(19-24)14-16-29(38)21-36-22-33(32-20-27(35)17-23(2)34(32)36)31-12-8-7-11-30(31)26-9-5-4-6-10-26/h3-12,17,20,22,24-25H,1,13-16,18-19,21H2,2H3. The highest BCUT2D eigenvalue weighted by Crippen LogP contribution is 2.41. The largest absolute Gasteiger partial charge is 0.339 e. The number of nitrogens with zero attached hydrogens (tertiary/aromatic N) is 1. The van der Waals surface area contributed by atoms with Gasteiger partial charge in [-0.2, -0.15) is 0 Å². The van der Waals surface area contributed by atoms with Crippen LogP contribution in [0.3, 0.4) is 0 Å². The van der Waals surface area contributed by atoms with Crippen LogP contribution in [0.4, 0.5) is 0 Å². The van der Waals surface area contributed by atoms with Gasteiger partial charge < -0.3 is 4.57 Å². The minimum Gasteiger partial charge on any atom is -0.339 e. The number of fused-ring (bicyclic) bond motifs is 1. The molecule has 0 saturated heterocycles. The van der Waals surface area contributed by atoms with Crippen molar-refractivity contribution in [2.24, 2.45) is 11.8 Å². The topological polar surface area (TPSA) is 39.1 Å². The summed E-state index contributed by atoms with van der Waals surface area (Å²) < 4.78 is 3.19. The van der Waals surface area contributed by atoms with Crippen LogP contribution in [0, 0.1) is 18.8 Å². The van der Waals surface area contributed by atoms with Gasteiger partial charge in [0, 0.05) is 34.5 Å². The summed E-state index contributed by atoms with van der Waals surface area (Å²) in [5.41, 5.74) is 6.96. The zero-order valence-electron chi connectivity index (χ0n) is 22.0. The van der Waals surface area contributed by atoms with Crippen molar-refractivity contribution in [1.82, 2.24) is 4.57 Å². The quantitative estimate of drug-likeness (QED) is 0.170. The van der Waals surface area contributed by atoms with E-state index in [1.165, 1.54) is 22.8 Å². The Morgan fingerprint density at radius 3 is 2.29 bits per heavy atom. The van der Waals surface area contributed by atoms with E-state index < -0.39 is 0 Å². The van der Waals surface area contributed by atoms with Gasteiger partial charge in [-0.1, -0.05) is 77.1 Å². The molecule has 3 nitrogen and oxygen atoms in total.